The van der Waals surface area contributed by atoms with Crippen LogP contribution in [0, 0.1) is 0 Å². The minimum absolute atomic E-state index is 0.146. The summed E-state index contributed by atoms with van der Waals surface area (Å²) in [6, 6.07) is 34.6. The maximum absolute atomic E-state index is 13.2. The van der Waals surface area contributed by atoms with Gasteiger partial charge in [0.1, 0.15) is 23.9 Å². The Balaban J connectivity index is 1.28. The number of hydrogen-bond donors (Lipinski definition) is 0. The van der Waals surface area contributed by atoms with Crippen LogP contribution in [0.4, 0.5) is 5.69 Å². The van der Waals surface area contributed by atoms with Gasteiger partial charge in [-0.1, -0.05) is 84.6 Å². The second kappa shape index (κ2) is 10.6. The average Bonchev–Trinajstić information content (AvgIpc) is 3.17. The lowest BCUT2D eigenvalue weighted by Crippen LogP contribution is -2.27. The van der Waals surface area contributed by atoms with Crippen molar-refractivity contribution in [1.29, 1.82) is 0 Å². The summed E-state index contributed by atoms with van der Waals surface area (Å²) in [5, 5.41) is 0. The third-order valence-electron chi connectivity index (χ3n) is 5.27. The van der Waals surface area contributed by atoms with E-state index in [2.05, 4.69) is 0 Å². The van der Waals surface area contributed by atoms with Crippen LogP contribution in [0.5, 0.6) is 17.2 Å². The Morgan fingerprint density at radius 3 is 2.17 bits per heavy atom. The van der Waals surface area contributed by atoms with Crippen molar-refractivity contribution >= 4 is 46.0 Å². The van der Waals surface area contributed by atoms with E-state index in [9.17, 15) is 4.79 Å². The molecule has 0 radical (unpaired) electrons. The third-order valence-corrected chi connectivity index (χ3v) is 6.57. The molecule has 0 spiro atoms. The van der Waals surface area contributed by atoms with Gasteiger partial charge in [0, 0.05) is 0 Å². The van der Waals surface area contributed by atoms with Gasteiger partial charge >= 0.3 is 0 Å². The number of benzene rings is 4. The molecule has 1 saturated heterocycles. The van der Waals surface area contributed by atoms with E-state index in [4.69, 9.17) is 21.7 Å². The summed E-state index contributed by atoms with van der Waals surface area (Å²) in [6.45, 7) is 0.483. The van der Waals surface area contributed by atoms with Gasteiger partial charge in [0.15, 0.2) is 4.32 Å². The molecular weight excluding hydrogens is 474 g/mol. The van der Waals surface area contributed by atoms with E-state index in [1.165, 1.54) is 11.8 Å². The lowest BCUT2D eigenvalue weighted by atomic mass is 10.2. The molecule has 0 aliphatic carbocycles. The Hall–Kier alpha value is -3.87. The summed E-state index contributed by atoms with van der Waals surface area (Å²) in [4.78, 5) is 15.3. The van der Waals surface area contributed by atoms with E-state index in [0.29, 0.717) is 27.3 Å². The Labute approximate surface area is 213 Å². The molecule has 0 bridgehead atoms. The largest absolute Gasteiger partial charge is 0.489 e. The van der Waals surface area contributed by atoms with Gasteiger partial charge in [-0.05, 0) is 65.7 Å². The maximum Gasteiger partial charge on any atom is 0.270 e. The number of anilines is 1. The van der Waals surface area contributed by atoms with Crippen molar-refractivity contribution < 1.29 is 14.3 Å². The molecule has 4 aromatic rings. The highest BCUT2D eigenvalue weighted by Crippen LogP contribution is 2.37. The second-order valence-corrected chi connectivity index (χ2v) is 9.45. The monoisotopic (exact) mass is 495 g/mol. The first-order valence-electron chi connectivity index (χ1n) is 11.0. The lowest BCUT2D eigenvalue weighted by molar-refractivity contribution is -0.113. The van der Waals surface area contributed by atoms with Crippen LogP contribution in [0.15, 0.2) is 114 Å². The molecule has 0 atom stereocenters. The minimum Gasteiger partial charge on any atom is -0.489 e. The topological polar surface area (TPSA) is 38.8 Å². The van der Waals surface area contributed by atoms with E-state index >= 15 is 0 Å². The Morgan fingerprint density at radius 1 is 0.771 bits per heavy atom. The zero-order valence-corrected chi connectivity index (χ0v) is 20.3. The number of hydrogen-bond acceptors (Lipinski definition) is 5. The fourth-order valence-electron chi connectivity index (χ4n) is 3.56. The van der Waals surface area contributed by atoms with Crippen molar-refractivity contribution in [3.05, 3.63) is 125 Å². The Kier molecular flexibility index (Phi) is 6.93. The molecule has 35 heavy (non-hydrogen) atoms. The molecule has 0 saturated carbocycles. The summed E-state index contributed by atoms with van der Waals surface area (Å²) in [5.74, 6) is 2.04. The molecule has 0 aromatic heterocycles. The maximum atomic E-state index is 13.2. The van der Waals surface area contributed by atoms with Crippen LogP contribution in [-0.4, -0.2) is 10.2 Å². The van der Waals surface area contributed by atoms with Gasteiger partial charge < -0.3 is 9.47 Å². The van der Waals surface area contributed by atoms with Crippen LogP contribution in [-0.2, 0) is 11.4 Å². The summed E-state index contributed by atoms with van der Waals surface area (Å²) in [6.07, 6.45) is 1.85. The van der Waals surface area contributed by atoms with Gasteiger partial charge in [0.05, 0.1) is 10.6 Å². The molecule has 1 heterocycles. The number of thioether (sulfide) groups is 1. The smallest absolute Gasteiger partial charge is 0.270 e. The van der Waals surface area contributed by atoms with Crippen LogP contribution in [0.2, 0.25) is 0 Å². The Morgan fingerprint density at radius 2 is 1.43 bits per heavy atom. The number of carbonyl (C=O) groups excluding carboxylic acids is 1. The van der Waals surface area contributed by atoms with Crippen LogP contribution in [0.1, 0.15) is 11.1 Å². The number of carbonyl (C=O) groups is 1. The van der Waals surface area contributed by atoms with Crippen LogP contribution in [0.25, 0.3) is 6.08 Å². The molecule has 172 valence electrons. The molecule has 5 rings (SSSR count). The number of amides is 1. The second-order valence-electron chi connectivity index (χ2n) is 7.77. The van der Waals surface area contributed by atoms with E-state index in [1.54, 1.807) is 4.90 Å². The molecule has 0 N–H and O–H groups in total. The van der Waals surface area contributed by atoms with Crippen LogP contribution >= 0.6 is 24.0 Å². The molecule has 6 heteroatoms. The molecule has 4 aromatic carbocycles. The number of rotatable bonds is 7. The normalized spacial score (nSPS) is 14.4. The van der Waals surface area contributed by atoms with Crippen molar-refractivity contribution in [2.45, 2.75) is 6.61 Å². The number of ether oxygens (including phenoxy) is 2. The van der Waals surface area contributed by atoms with Crippen molar-refractivity contribution in [3.63, 3.8) is 0 Å². The average molecular weight is 496 g/mol. The highest BCUT2D eigenvalue weighted by atomic mass is 32.2. The first-order chi connectivity index (χ1) is 17.2. The van der Waals surface area contributed by atoms with Crippen molar-refractivity contribution in [2.75, 3.05) is 4.90 Å². The molecular formula is C29H21NO3S2. The standard InChI is InChI=1S/C29H21NO3S2/c31-28-27(19-22-10-7-13-26(18-22)32-20-21-8-3-1-4-9-21)35-29(34)30(28)23-14-16-25(17-15-23)33-24-11-5-2-6-12-24/h1-19H,20H2/b27-19-. The van der Waals surface area contributed by atoms with Gasteiger partial charge in [0.2, 0.25) is 0 Å². The van der Waals surface area contributed by atoms with Crippen molar-refractivity contribution in [2.24, 2.45) is 0 Å². The quantitative estimate of drug-likeness (QED) is 0.196. The fraction of sp³-hybridized carbons (Fsp3) is 0.0345. The van der Waals surface area contributed by atoms with E-state index < -0.39 is 0 Å². The van der Waals surface area contributed by atoms with E-state index in [1.807, 2.05) is 115 Å². The van der Waals surface area contributed by atoms with Crippen molar-refractivity contribution in [3.8, 4) is 17.2 Å². The summed E-state index contributed by atoms with van der Waals surface area (Å²) in [7, 11) is 0. The zero-order chi connectivity index (χ0) is 24.0. The van der Waals surface area contributed by atoms with Gasteiger partial charge in [-0.25, -0.2) is 0 Å². The first kappa shape index (κ1) is 22.9. The predicted molar refractivity (Wildman–Crippen MR) is 146 cm³/mol. The number of para-hydroxylation sites is 1. The minimum atomic E-state index is -0.146. The molecule has 1 amide bonds. The van der Waals surface area contributed by atoms with Crippen molar-refractivity contribution in [1.82, 2.24) is 0 Å². The zero-order valence-electron chi connectivity index (χ0n) is 18.7. The van der Waals surface area contributed by atoms with E-state index in [0.717, 1.165) is 22.6 Å². The molecule has 1 aliphatic rings. The fourth-order valence-corrected chi connectivity index (χ4v) is 4.86. The van der Waals surface area contributed by atoms with Crippen LogP contribution in [0.3, 0.4) is 0 Å². The van der Waals surface area contributed by atoms with Gasteiger partial charge in [-0.3, -0.25) is 9.69 Å². The highest BCUT2D eigenvalue weighted by molar-refractivity contribution is 8.27. The number of nitrogens with zero attached hydrogens (tertiary/aromatic N) is 1. The SMILES string of the molecule is O=C1/C(=C/c2cccc(OCc3ccccc3)c2)SC(=S)N1c1ccc(Oc2ccccc2)cc1. The van der Waals surface area contributed by atoms with Gasteiger partial charge in [0.25, 0.3) is 5.91 Å². The summed E-state index contributed by atoms with van der Waals surface area (Å²) < 4.78 is 12.3. The summed E-state index contributed by atoms with van der Waals surface area (Å²) >= 11 is 6.81. The molecule has 0 unspecified atom stereocenters. The first-order valence-corrected chi connectivity index (χ1v) is 12.3. The van der Waals surface area contributed by atoms with Gasteiger partial charge in [-0.2, -0.15) is 0 Å². The lowest BCUT2D eigenvalue weighted by Gasteiger charge is -2.15. The Bertz CT molecular complexity index is 1370. The van der Waals surface area contributed by atoms with E-state index in [-0.39, 0.29) is 5.91 Å². The summed E-state index contributed by atoms with van der Waals surface area (Å²) in [5.41, 5.74) is 2.68. The van der Waals surface area contributed by atoms with Gasteiger partial charge in [-0.15, -0.1) is 0 Å². The third kappa shape index (κ3) is 5.62. The molecule has 4 nitrogen and oxygen atoms in total. The molecule has 1 fully saturated rings. The highest BCUT2D eigenvalue weighted by Gasteiger charge is 2.33. The predicted octanol–water partition coefficient (Wildman–Crippen LogP) is 7.46. The number of thiocarbonyl (C=S) groups is 1. The van der Waals surface area contributed by atoms with Crippen LogP contribution < -0.4 is 14.4 Å². The molecule has 1 aliphatic heterocycles.